The Morgan fingerprint density at radius 2 is 2.06 bits per heavy atom. The van der Waals surface area contributed by atoms with Crippen LogP contribution in [-0.4, -0.2) is 5.10 Å². The number of hydrogen-bond donors (Lipinski definition) is 1. The predicted octanol–water partition coefficient (Wildman–Crippen LogP) is -0.154. The van der Waals surface area contributed by atoms with Crippen LogP contribution in [0.5, 0.6) is 0 Å². The number of anilines is 1. The molecule has 1 N–H and O–H groups in total. The average Bonchev–Trinajstić information content (AvgIpc) is 2.71. The van der Waals surface area contributed by atoms with Crippen LogP contribution in [0.2, 0.25) is 0 Å². The van der Waals surface area contributed by atoms with Crippen LogP contribution < -0.4 is 34.0 Å². The number of halogens is 1. The molecule has 5 heteroatoms. The molecule has 1 aromatic carbocycles. The minimum absolute atomic E-state index is 0. The molecule has 1 aromatic heterocycles. The summed E-state index contributed by atoms with van der Waals surface area (Å²) in [6, 6.07) is 10.1. The van der Waals surface area contributed by atoms with Gasteiger partial charge in [0.1, 0.15) is 0 Å². The summed E-state index contributed by atoms with van der Waals surface area (Å²) in [5.74, 6) is 0. The molecular weight excluding hydrogens is 357 g/mol. The van der Waals surface area contributed by atoms with E-state index < -0.39 is 0 Å². The average molecular weight is 373 g/mol. The number of benzene rings is 1. The van der Waals surface area contributed by atoms with E-state index in [-0.39, 0.29) is 24.0 Å². The van der Waals surface area contributed by atoms with Gasteiger partial charge in [-0.15, -0.1) is 0 Å². The van der Waals surface area contributed by atoms with E-state index in [4.69, 9.17) is 0 Å². The molecule has 0 spiro atoms. The van der Waals surface area contributed by atoms with Gasteiger partial charge in [-0.25, -0.2) is 0 Å². The summed E-state index contributed by atoms with van der Waals surface area (Å²) in [5.41, 5.74) is 1.09. The lowest BCUT2D eigenvalue weighted by Gasteiger charge is -1.97. The Morgan fingerprint density at radius 1 is 1.33 bits per heavy atom. The topological polar surface area (TPSA) is 28.8 Å². The van der Waals surface area contributed by atoms with Gasteiger partial charge in [0.15, 0.2) is 11.6 Å². The molecule has 3 nitrogen and oxygen atoms in total. The van der Waals surface area contributed by atoms with E-state index in [0.29, 0.717) is 0 Å². The molecule has 0 aliphatic rings. The first-order chi connectivity index (χ1) is 8.29. The second-order valence-electron chi connectivity index (χ2n) is 3.62. The fourth-order valence-electron chi connectivity index (χ4n) is 1.53. The Hall–Kier alpha value is -0.950. The number of nitrogens with zero attached hydrogens (tertiary/aromatic N) is 2. The van der Waals surface area contributed by atoms with Gasteiger partial charge in [-0.3, -0.25) is 0 Å². The maximum atomic E-state index is 4.41. The van der Waals surface area contributed by atoms with E-state index >= 15 is 0 Å². The first-order valence-corrected chi connectivity index (χ1v) is 6.47. The van der Waals surface area contributed by atoms with Crippen molar-refractivity contribution in [2.24, 2.45) is 0 Å². The molecule has 0 aliphatic heterocycles. The molecule has 18 heavy (non-hydrogen) atoms. The van der Waals surface area contributed by atoms with Gasteiger partial charge in [0.2, 0.25) is 0 Å². The van der Waals surface area contributed by atoms with Gasteiger partial charge >= 0.3 is 0 Å². The van der Waals surface area contributed by atoms with Gasteiger partial charge in [-0.1, -0.05) is 22.9 Å². The molecule has 0 atom stereocenters. The highest BCUT2D eigenvalue weighted by Gasteiger charge is 2.12. The largest absolute Gasteiger partial charge is 1.00 e. The monoisotopic (exact) mass is 373 g/mol. The van der Waals surface area contributed by atoms with Crippen LogP contribution in [0.25, 0.3) is 6.08 Å². The SMILES string of the molecule is CC[n+]1nc(C)sc1C=CNc1ccccc1.[I-]. The predicted molar refractivity (Wildman–Crippen MR) is 71.8 cm³/mol. The Balaban J connectivity index is 0.00000162. The van der Waals surface area contributed by atoms with Crippen molar-refractivity contribution in [3.05, 3.63) is 46.5 Å². The number of aromatic nitrogens is 2. The molecule has 0 saturated carbocycles. The van der Waals surface area contributed by atoms with E-state index in [9.17, 15) is 0 Å². The van der Waals surface area contributed by atoms with Crippen molar-refractivity contribution in [2.75, 3.05) is 5.32 Å². The molecule has 2 aromatic rings. The van der Waals surface area contributed by atoms with Crippen molar-refractivity contribution in [3.8, 4) is 0 Å². The third-order valence-electron chi connectivity index (χ3n) is 2.32. The molecule has 0 unspecified atom stereocenters. The van der Waals surface area contributed by atoms with Crippen molar-refractivity contribution < 1.29 is 28.7 Å². The quantitative estimate of drug-likeness (QED) is 0.597. The zero-order chi connectivity index (χ0) is 12.1. The van der Waals surface area contributed by atoms with Gasteiger partial charge in [0, 0.05) is 23.1 Å². The van der Waals surface area contributed by atoms with E-state index in [1.807, 2.05) is 48.1 Å². The second-order valence-corrected chi connectivity index (χ2v) is 4.83. The molecule has 0 radical (unpaired) electrons. The highest BCUT2D eigenvalue weighted by atomic mass is 127. The smallest absolute Gasteiger partial charge is 0.290 e. The minimum Gasteiger partial charge on any atom is -1.00 e. The number of aryl methyl sites for hydroxylation is 2. The van der Waals surface area contributed by atoms with Crippen molar-refractivity contribution in [1.29, 1.82) is 0 Å². The summed E-state index contributed by atoms with van der Waals surface area (Å²) in [5, 5.41) is 9.90. The number of para-hydroxylation sites is 1. The van der Waals surface area contributed by atoms with Crippen molar-refractivity contribution >= 4 is 23.1 Å². The van der Waals surface area contributed by atoms with Gasteiger partial charge in [0.05, 0.1) is 0 Å². The van der Waals surface area contributed by atoms with Crippen LogP contribution in [-0.2, 0) is 6.54 Å². The maximum Gasteiger partial charge on any atom is 0.290 e. The molecule has 0 bridgehead atoms. The van der Waals surface area contributed by atoms with Crippen LogP contribution in [0.1, 0.15) is 16.9 Å². The lowest BCUT2D eigenvalue weighted by molar-refractivity contribution is -0.747. The first kappa shape index (κ1) is 15.1. The second kappa shape index (κ2) is 7.48. The first-order valence-electron chi connectivity index (χ1n) is 5.65. The molecule has 0 fully saturated rings. The Morgan fingerprint density at radius 3 is 2.72 bits per heavy atom. The third kappa shape index (κ3) is 4.06. The van der Waals surface area contributed by atoms with Gasteiger partial charge in [-0.05, 0) is 37.3 Å². The molecular formula is C13H16IN3S. The van der Waals surface area contributed by atoms with E-state index in [1.165, 1.54) is 0 Å². The van der Waals surface area contributed by atoms with Crippen molar-refractivity contribution in [1.82, 2.24) is 5.10 Å². The Bertz CT molecular complexity index is 508. The third-order valence-corrected chi connectivity index (χ3v) is 3.25. The van der Waals surface area contributed by atoms with Gasteiger partial charge < -0.3 is 29.3 Å². The summed E-state index contributed by atoms with van der Waals surface area (Å²) in [4.78, 5) is 0. The summed E-state index contributed by atoms with van der Waals surface area (Å²) in [6.45, 7) is 5.02. The number of nitrogens with one attached hydrogen (secondary N) is 1. The van der Waals surface area contributed by atoms with Crippen LogP contribution in [0.4, 0.5) is 5.69 Å². The summed E-state index contributed by atoms with van der Waals surface area (Å²) in [6.07, 6.45) is 4.01. The minimum atomic E-state index is 0. The van der Waals surface area contributed by atoms with Crippen LogP contribution in [0.3, 0.4) is 0 Å². The molecule has 0 aliphatic carbocycles. The standard InChI is InChI=1S/C13H15N3S.HI/c1-3-16-13(17-11(2)15-16)9-10-14-12-7-5-4-6-8-12;/h4-10H,3H2,1-2H3;1H. The van der Waals surface area contributed by atoms with Crippen LogP contribution in [0, 0.1) is 6.92 Å². The zero-order valence-corrected chi connectivity index (χ0v) is 13.4. The molecule has 2 rings (SSSR count). The summed E-state index contributed by atoms with van der Waals surface area (Å²) in [7, 11) is 0. The molecule has 0 amide bonds. The highest BCUT2D eigenvalue weighted by Crippen LogP contribution is 2.10. The zero-order valence-electron chi connectivity index (χ0n) is 10.4. The number of rotatable bonds is 4. The normalized spacial score (nSPS) is 10.3. The molecule has 1 heterocycles. The Kier molecular flexibility index (Phi) is 6.28. The van der Waals surface area contributed by atoms with Gasteiger partial charge in [0.25, 0.3) is 5.01 Å². The van der Waals surface area contributed by atoms with Gasteiger partial charge in [-0.2, -0.15) is 0 Å². The van der Waals surface area contributed by atoms with E-state index in [1.54, 1.807) is 11.3 Å². The maximum absolute atomic E-state index is 4.41. The lowest BCUT2D eigenvalue weighted by atomic mass is 10.3. The van der Waals surface area contributed by atoms with E-state index in [0.717, 1.165) is 22.2 Å². The number of hydrogen-bond acceptors (Lipinski definition) is 3. The van der Waals surface area contributed by atoms with E-state index in [2.05, 4.69) is 23.4 Å². The fourth-order valence-corrected chi connectivity index (χ4v) is 2.39. The summed E-state index contributed by atoms with van der Waals surface area (Å²) >= 11 is 1.70. The lowest BCUT2D eigenvalue weighted by Crippen LogP contribution is -3.00. The molecule has 0 saturated heterocycles. The van der Waals surface area contributed by atoms with Crippen LogP contribution in [0.15, 0.2) is 36.5 Å². The Labute approximate surface area is 129 Å². The van der Waals surface area contributed by atoms with Crippen LogP contribution >= 0.6 is 11.3 Å². The summed E-state index contributed by atoms with van der Waals surface area (Å²) < 4.78 is 2.00. The fraction of sp³-hybridized carbons (Fsp3) is 0.231. The molecule has 96 valence electrons. The van der Waals surface area contributed by atoms with Crippen molar-refractivity contribution in [3.63, 3.8) is 0 Å². The van der Waals surface area contributed by atoms with Crippen molar-refractivity contribution in [2.45, 2.75) is 20.4 Å². The highest BCUT2D eigenvalue weighted by molar-refractivity contribution is 7.11.